The van der Waals surface area contributed by atoms with Crippen LogP contribution in [0.3, 0.4) is 0 Å². The smallest absolute Gasteiger partial charge is 0.0783 e. The van der Waals surface area contributed by atoms with E-state index >= 15 is 0 Å². The van der Waals surface area contributed by atoms with Crippen LogP contribution in [-0.2, 0) is 4.74 Å². The van der Waals surface area contributed by atoms with Gasteiger partial charge in [0.1, 0.15) is 0 Å². The molecule has 0 aliphatic carbocycles. The summed E-state index contributed by atoms with van der Waals surface area (Å²) in [6.07, 6.45) is 6.93. The number of nitrogens with two attached hydrogens (primary N) is 1. The number of hydrogen-bond donors (Lipinski definition) is 1. The minimum absolute atomic E-state index is 0.199. The normalized spacial score (nSPS) is 36.8. The summed E-state index contributed by atoms with van der Waals surface area (Å²) in [6.45, 7) is 0.929. The van der Waals surface area contributed by atoms with Crippen molar-refractivity contribution in [3.63, 3.8) is 0 Å². The number of rotatable bonds is 4. The molecule has 2 aliphatic rings. The lowest BCUT2D eigenvalue weighted by Gasteiger charge is -2.40. The number of ether oxygens (including phenoxy) is 1. The average Bonchev–Trinajstić information content (AvgIpc) is 2.74. The van der Waals surface area contributed by atoms with Crippen LogP contribution in [0, 0.1) is 5.92 Å². The Balaban J connectivity index is 1.85. The van der Waals surface area contributed by atoms with Gasteiger partial charge < -0.3 is 10.5 Å². The summed E-state index contributed by atoms with van der Waals surface area (Å²) in [5.74, 6) is 4.35. The monoisotopic (exact) mass is 261 g/mol. The van der Waals surface area contributed by atoms with Crippen LogP contribution >= 0.6 is 23.5 Å². The minimum atomic E-state index is 0.199. The predicted molar refractivity (Wildman–Crippen MR) is 74.3 cm³/mol. The molecule has 0 aromatic rings. The Hall–Kier alpha value is 0.620. The standard InChI is InChI=1S/C12H23NOS2/c1-15-6-3-11(13)10-2-5-14-12(8-10)4-7-16-9-12/h10-11H,2-9,13H2,1H3. The van der Waals surface area contributed by atoms with Crippen LogP contribution in [-0.4, -0.2) is 41.8 Å². The van der Waals surface area contributed by atoms with Crippen LogP contribution in [0.1, 0.15) is 25.7 Å². The van der Waals surface area contributed by atoms with Gasteiger partial charge in [0, 0.05) is 18.4 Å². The molecule has 0 aromatic heterocycles. The quantitative estimate of drug-likeness (QED) is 0.843. The molecule has 0 radical (unpaired) electrons. The summed E-state index contributed by atoms with van der Waals surface area (Å²) in [6, 6.07) is 0.388. The SMILES string of the molecule is CSCCC(N)C1CCOC2(CCSC2)C1. The maximum Gasteiger partial charge on any atom is 0.0783 e. The van der Waals surface area contributed by atoms with Gasteiger partial charge in [0.25, 0.3) is 0 Å². The summed E-state index contributed by atoms with van der Waals surface area (Å²) in [5.41, 5.74) is 6.51. The van der Waals surface area contributed by atoms with E-state index < -0.39 is 0 Å². The summed E-state index contributed by atoms with van der Waals surface area (Å²) >= 11 is 3.94. The Bertz CT molecular complexity index is 219. The first kappa shape index (κ1) is 13.1. The van der Waals surface area contributed by atoms with Gasteiger partial charge in [-0.3, -0.25) is 0 Å². The average molecular weight is 261 g/mol. The lowest BCUT2D eigenvalue weighted by atomic mass is 9.81. The molecule has 3 unspecified atom stereocenters. The highest BCUT2D eigenvalue weighted by molar-refractivity contribution is 7.99. The largest absolute Gasteiger partial charge is 0.374 e. The van der Waals surface area contributed by atoms with Crippen molar-refractivity contribution in [2.45, 2.75) is 37.3 Å². The molecule has 0 bridgehead atoms. The van der Waals surface area contributed by atoms with E-state index in [0.717, 1.165) is 13.0 Å². The van der Waals surface area contributed by atoms with E-state index in [-0.39, 0.29) is 5.60 Å². The Kier molecular flexibility index (Phi) is 4.89. The molecule has 2 fully saturated rings. The third-order valence-corrected chi connectivity index (χ3v) is 5.73. The maximum absolute atomic E-state index is 6.31. The molecule has 2 aliphatic heterocycles. The molecular formula is C12H23NOS2. The Morgan fingerprint density at radius 2 is 2.50 bits per heavy atom. The highest BCUT2D eigenvalue weighted by atomic mass is 32.2. The van der Waals surface area contributed by atoms with Crippen LogP contribution in [0.2, 0.25) is 0 Å². The van der Waals surface area contributed by atoms with Gasteiger partial charge in [0.2, 0.25) is 0 Å². The lowest BCUT2D eigenvalue weighted by Crippen LogP contribution is -2.45. The van der Waals surface area contributed by atoms with Gasteiger partial charge in [0.15, 0.2) is 0 Å². The zero-order chi connectivity index (χ0) is 11.4. The van der Waals surface area contributed by atoms with Crippen molar-refractivity contribution in [1.29, 1.82) is 0 Å². The fraction of sp³-hybridized carbons (Fsp3) is 1.00. The zero-order valence-electron chi connectivity index (χ0n) is 10.1. The summed E-state index contributed by atoms with van der Waals surface area (Å²) < 4.78 is 6.03. The van der Waals surface area contributed by atoms with Crippen LogP contribution < -0.4 is 5.73 Å². The second-order valence-corrected chi connectivity index (χ2v) is 7.12. The molecule has 2 heterocycles. The van der Waals surface area contributed by atoms with Crippen molar-refractivity contribution in [2.75, 3.05) is 30.1 Å². The van der Waals surface area contributed by atoms with Crippen LogP contribution in [0.4, 0.5) is 0 Å². The van der Waals surface area contributed by atoms with Crippen molar-refractivity contribution < 1.29 is 4.74 Å². The minimum Gasteiger partial charge on any atom is -0.374 e. The van der Waals surface area contributed by atoms with E-state index in [1.807, 2.05) is 23.5 Å². The predicted octanol–water partition coefficient (Wildman–Crippen LogP) is 2.37. The molecular weight excluding hydrogens is 238 g/mol. The van der Waals surface area contributed by atoms with E-state index in [1.165, 1.54) is 36.5 Å². The lowest BCUT2D eigenvalue weighted by molar-refractivity contribution is -0.0832. The van der Waals surface area contributed by atoms with Crippen molar-refractivity contribution >= 4 is 23.5 Å². The topological polar surface area (TPSA) is 35.2 Å². The molecule has 1 spiro atoms. The zero-order valence-corrected chi connectivity index (χ0v) is 11.7. The first-order valence-electron chi connectivity index (χ1n) is 6.22. The number of thioether (sulfide) groups is 2. The van der Waals surface area contributed by atoms with Crippen LogP contribution in [0.15, 0.2) is 0 Å². The molecule has 0 saturated carbocycles. The first-order chi connectivity index (χ1) is 7.76. The molecule has 94 valence electrons. The molecule has 3 atom stereocenters. The van der Waals surface area contributed by atoms with E-state index in [2.05, 4.69) is 6.26 Å². The van der Waals surface area contributed by atoms with E-state index in [4.69, 9.17) is 10.5 Å². The fourth-order valence-electron chi connectivity index (χ4n) is 2.78. The molecule has 2 saturated heterocycles. The Morgan fingerprint density at radius 3 is 3.19 bits per heavy atom. The van der Waals surface area contributed by atoms with Crippen LogP contribution in [0.25, 0.3) is 0 Å². The molecule has 0 amide bonds. The second kappa shape index (κ2) is 5.98. The number of hydrogen-bond acceptors (Lipinski definition) is 4. The first-order valence-corrected chi connectivity index (χ1v) is 8.77. The summed E-state index contributed by atoms with van der Waals surface area (Å²) in [5, 5.41) is 0. The third kappa shape index (κ3) is 3.09. The van der Waals surface area contributed by atoms with Crippen molar-refractivity contribution in [2.24, 2.45) is 11.7 Å². The third-order valence-electron chi connectivity index (χ3n) is 3.86. The molecule has 2 N–H and O–H groups in total. The van der Waals surface area contributed by atoms with Gasteiger partial charge in [-0.25, -0.2) is 0 Å². The molecule has 2 nitrogen and oxygen atoms in total. The van der Waals surface area contributed by atoms with Gasteiger partial charge in [-0.2, -0.15) is 23.5 Å². The van der Waals surface area contributed by atoms with E-state index in [1.54, 1.807) is 0 Å². The molecule has 4 heteroatoms. The van der Waals surface area contributed by atoms with Gasteiger partial charge in [-0.1, -0.05) is 0 Å². The molecule has 2 rings (SSSR count). The molecule has 16 heavy (non-hydrogen) atoms. The van der Waals surface area contributed by atoms with Crippen molar-refractivity contribution in [3.8, 4) is 0 Å². The summed E-state index contributed by atoms with van der Waals surface area (Å²) in [7, 11) is 0. The Labute approximate surface area is 107 Å². The van der Waals surface area contributed by atoms with Crippen LogP contribution in [0.5, 0.6) is 0 Å². The fourth-order valence-corrected chi connectivity index (χ4v) is 4.67. The van der Waals surface area contributed by atoms with Gasteiger partial charge in [0.05, 0.1) is 5.60 Å². The van der Waals surface area contributed by atoms with Gasteiger partial charge in [-0.15, -0.1) is 0 Å². The maximum atomic E-state index is 6.31. The van der Waals surface area contributed by atoms with E-state index in [9.17, 15) is 0 Å². The second-order valence-electron chi connectivity index (χ2n) is 5.03. The van der Waals surface area contributed by atoms with Gasteiger partial charge in [-0.05, 0) is 49.4 Å². The van der Waals surface area contributed by atoms with Crippen molar-refractivity contribution in [3.05, 3.63) is 0 Å². The highest BCUT2D eigenvalue weighted by Gasteiger charge is 2.41. The highest BCUT2D eigenvalue weighted by Crippen LogP contribution is 2.41. The molecule has 0 aromatic carbocycles. The van der Waals surface area contributed by atoms with Crippen molar-refractivity contribution in [1.82, 2.24) is 0 Å². The summed E-state index contributed by atoms with van der Waals surface area (Å²) in [4.78, 5) is 0. The van der Waals surface area contributed by atoms with E-state index in [0.29, 0.717) is 12.0 Å². The van der Waals surface area contributed by atoms with Gasteiger partial charge >= 0.3 is 0 Å². The Morgan fingerprint density at radius 1 is 1.62 bits per heavy atom.